The Morgan fingerprint density at radius 2 is 1.24 bits per heavy atom. The highest BCUT2D eigenvalue weighted by atomic mass is 32.2. The number of unbranched alkanes of at least 4 members (excludes halogenated alkanes) is 6. The van der Waals surface area contributed by atoms with Gasteiger partial charge in [0.1, 0.15) is 0 Å². The van der Waals surface area contributed by atoms with Gasteiger partial charge in [0.25, 0.3) is 0 Å². The summed E-state index contributed by atoms with van der Waals surface area (Å²) in [7, 11) is -0.743. The molecule has 9 heteroatoms. The van der Waals surface area contributed by atoms with Gasteiger partial charge < -0.3 is 33.2 Å². The van der Waals surface area contributed by atoms with Crippen LogP contribution in [0.15, 0.2) is 30.3 Å². The molecule has 2 aromatic carbocycles. The molecule has 0 amide bonds. The summed E-state index contributed by atoms with van der Waals surface area (Å²) in [6.45, 7) is 13.1. The van der Waals surface area contributed by atoms with E-state index in [2.05, 4.69) is 33.8 Å². The second kappa shape index (κ2) is 23.1. The van der Waals surface area contributed by atoms with Crippen LogP contribution in [-0.4, -0.2) is 61.8 Å². The number of rotatable bonds is 23. The van der Waals surface area contributed by atoms with E-state index in [1.54, 1.807) is 0 Å². The summed E-state index contributed by atoms with van der Waals surface area (Å²) in [6.07, 6.45) is 12.7. The van der Waals surface area contributed by atoms with Crippen LogP contribution in [0, 0.1) is 0 Å². The minimum absolute atomic E-state index is 0.191. The Labute approximate surface area is 280 Å². The Bertz CT molecular complexity index is 1140. The van der Waals surface area contributed by atoms with E-state index in [4.69, 9.17) is 33.2 Å². The average Bonchev–Trinajstić information content (AvgIpc) is 3.73. The molecular weight excluding hydrogens is 604 g/mol. The maximum absolute atomic E-state index is 12.3. The van der Waals surface area contributed by atoms with Crippen LogP contribution in [0.2, 0.25) is 0 Å². The zero-order valence-corrected chi connectivity index (χ0v) is 29.6. The van der Waals surface area contributed by atoms with Crippen molar-refractivity contribution >= 4 is 10.8 Å². The fraction of sp³-hybridized carbons (Fsp3) is 0.676. The van der Waals surface area contributed by atoms with Gasteiger partial charge in [-0.3, -0.25) is 4.21 Å². The summed E-state index contributed by atoms with van der Waals surface area (Å²) in [5.41, 5.74) is 3.61. The Balaban J connectivity index is 0.000000251. The summed E-state index contributed by atoms with van der Waals surface area (Å²) in [5.74, 6) is 4.11. The normalized spacial score (nSPS) is 14.2. The van der Waals surface area contributed by atoms with Crippen molar-refractivity contribution in [3.05, 3.63) is 47.0 Å². The smallest absolute Gasteiger partial charge is 0.231 e. The molecule has 46 heavy (non-hydrogen) atoms. The predicted octanol–water partition coefficient (Wildman–Crippen LogP) is 8.17. The van der Waals surface area contributed by atoms with Gasteiger partial charge in [-0.2, -0.15) is 0 Å². The summed E-state index contributed by atoms with van der Waals surface area (Å²) >= 11 is 0. The maximum atomic E-state index is 12.3. The third-order valence-electron chi connectivity index (χ3n) is 7.97. The number of benzene rings is 2. The van der Waals surface area contributed by atoms with Crippen LogP contribution < -0.4 is 18.9 Å². The lowest BCUT2D eigenvalue weighted by Crippen LogP contribution is -2.16. The van der Waals surface area contributed by atoms with Gasteiger partial charge in [0.15, 0.2) is 23.0 Å². The first-order valence-corrected chi connectivity index (χ1v) is 18.8. The van der Waals surface area contributed by atoms with Crippen LogP contribution in [-0.2, 0) is 44.5 Å². The minimum atomic E-state index is -0.743. The van der Waals surface area contributed by atoms with Crippen LogP contribution in [0.3, 0.4) is 0 Å². The first-order chi connectivity index (χ1) is 22.5. The summed E-state index contributed by atoms with van der Waals surface area (Å²) in [6, 6.07) is 10.1. The monoisotopic (exact) mass is 662 g/mol. The molecule has 8 nitrogen and oxygen atoms in total. The van der Waals surface area contributed by atoms with Crippen LogP contribution in [0.5, 0.6) is 23.0 Å². The van der Waals surface area contributed by atoms with E-state index in [1.165, 1.54) is 48.8 Å². The lowest BCUT2D eigenvalue weighted by Gasteiger charge is -2.12. The van der Waals surface area contributed by atoms with Gasteiger partial charge in [-0.25, -0.2) is 0 Å². The Morgan fingerprint density at radius 1 is 0.652 bits per heavy atom. The molecule has 2 heterocycles. The van der Waals surface area contributed by atoms with Crippen LogP contribution in [0.1, 0.15) is 102 Å². The van der Waals surface area contributed by atoms with Crippen molar-refractivity contribution < 1.29 is 37.4 Å². The molecule has 0 saturated carbocycles. The molecule has 4 rings (SSSR count). The highest BCUT2D eigenvalue weighted by Crippen LogP contribution is 2.36. The molecule has 0 aromatic heterocycles. The molecule has 2 unspecified atom stereocenters. The summed E-state index contributed by atoms with van der Waals surface area (Å²) < 4.78 is 50.6. The van der Waals surface area contributed by atoms with Crippen molar-refractivity contribution in [2.45, 2.75) is 110 Å². The van der Waals surface area contributed by atoms with Gasteiger partial charge in [-0.15, -0.1) is 0 Å². The molecule has 0 spiro atoms. The fourth-order valence-corrected chi connectivity index (χ4v) is 6.52. The van der Waals surface area contributed by atoms with Crippen molar-refractivity contribution in [1.82, 2.24) is 0 Å². The number of fused-ring (bicyclic) bond motifs is 2. The molecule has 2 aliphatic rings. The van der Waals surface area contributed by atoms with E-state index >= 15 is 0 Å². The molecule has 2 aliphatic heterocycles. The minimum Gasteiger partial charge on any atom is -0.454 e. The quantitative estimate of drug-likeness (QED) is 0.110. The van der Waals surface area contributed by atoms with Gasteiger partial charge in [0.05, 0.1) is 33.0 Å². The lowest BCUT2D eigenvalue weighted by atomic mass is 10.0. The van der Waals surface area contributed by atoms with Crippen molar-refractivity contribution in [3.8, 4) is 23.0 Å². The molecule has 0 N–H and O–H groups in total. The van der Waals surface area contributed by atoms with Gasteiger partial charge in [0, 0.05) is 28.4 Å². The van der Waals surface area contributed by atoms with Crippen LogP contribution in [0.4, 0.5) is 0 Å². The second-order valence-electron chi connectivity index (χ2n) is 11.9. The Morgan fingerprint density at radius 3 is 1.93 bits per heavy atom. The first kappa shape index (κ1) is 38.1. The highest BCUT2D eigenvalue weighted by molar-refractivity contribution is 7.85. The van der Waals surface area contributed by atoms with Crippen molar-refractivity contribution in [2.75, 3.05) is 52.4 Å². The van der Waals surface area contributed by atoms with Gasteiger partial charge in [-0.1, -0.05) is 78.7 Å². The van der Waals surface area contributed by atoms with Crippen molar-refractivity contribution in [2.24, 2.45) is 0 Å². The number of hydrogen-bond donors (Lipinski definition) is 0. The van der Waals surface area contributed by atoms with Gasteiger partial charge >= 0.3 is 0 Å². The SMILES string of the molecule is CCCCCCCCS(=O)C(C)Cc1ccc2c(c1)OCO2.CCCCOCCOCCOCc1cc2c(cc1CCC)OCO2. The number of ether oxygens (including phenoxy) is 7. The molecule has 2 atom stereocenters. The average molecular weight is 663 g/mol. The van der Waals surface area contributed by atoms with Crippen LogP contribution >= 0.6 is 0 Å². The molecule has 0 fully saturated rings. The van der Waals surface area contributed by atoms with Gasteiger partial charge in [0.2, 0.25) is 13.6 Å². The Hall–Kier alpha value is -2.33. The van der Waals surface area contributed by atoms with E-state index in [1.807, 2.05) is 24.3 Å². The largest absolute Gasteiger partial charge is 0.454 e. The van der Waals surface area contributed by atoms with E-state index in [-0.39, 0.29) is 5.25 Å². The summed E-state index contributed by atoms with van der Waals surface area (Å²) in [4.78, 5) is 0. The van der Waals surface area contributed by atoms with E-state index < -0.39 is 10.8 Å². The second-order valence-corrected chi connectivity index (χ2v) is 13.9. The Kier molecular flexibility index (Phi) is 19.1. The third kappa shape index (κ3) is 14.2. The molecule has 0 saturated heterocycles. The highest BCUT2D eigenvalue weighted by Gasteiger charge is 2.18. The van der Waals surface area contributed by atoms with E-state index in [0.29, 0.717) is 46.6 Å². The van der Waals surface area contributed by atoms with Gasteiger partial charge in [-0.05, 0) is 66.6 Å². The molecule has 260 valence electrons. The first-order valence-electron chi connectivity index (χ1n) is 17.5. The predicted molar refractivity (Wildman–Crippen MR) is 185 cm³/mol. The van der Waals surface area contributed by atoms with E-state index in [9.17, 15) is 4.21 Å². The molecular formula is C37H58O8S. The molecule has 2 aromatic rings. The topological polar surface area (TPSA) is 81.7 Å². The molecule has 0 bridgehead atoms. The van der Waals surface area contributed by atoms with Crippen molar-refractivity contribution in [1.29, 1.82) is 0 Å². The summed E-state index contributed by atoms with van der Waals surface area (Å²) in [5, 5.41) is 0.191. The number of aryl methyl sites for hydroxylation is 1. The molecule has 0 aliphatic carbocycles. The standard InChI is InChI=1S/C19H30O5.C18H28O3S/c1-3-5-7-20-8-9-21-10-11-22-14-17-13-19-18(23-15-24-19)12-16(17)6-4-2;1-3-4-5-6-7-8-11-22(19)15(2)12-16-9-10-17-18(13-16)21-14-20-17/h12-13H,3-11,14-15H2,1-2H3;9-10,13,15H,3-8,11-12,14H2,1-2H3. The zero-order chi connectivity index (χ0) is 32.8. The zero-order valence-electron chi connectivity index (χ0n) is 28.8. The molecule has 0 radical (unpaired) electrons. The third-order valence-corrected chi connectivity index (χ3v) is 9.72. The van der Waals surface area contributed by atoms with Crippen LogP contribution in [0.25, 0.3) is 0 Å². The number of hydrogen-bond acceptors (Lipinski definition) is 8. The lowest BCUT2D eigenvalue weighted by molar-refractivity contribution is 0.0101. The van der Waals surface area contributed by atoms with E-state index in [0.717, 1.165) is 73.9 Å². The fourth-order valence-electron chi connectivity index (χ4n) is 5.25. The maximum Gasteiger partial charge on any atom is 0.231 e. The van der Waals surface area contributed by atoms with Crippen molar-refractivity contribution in [3.63, 3.8) is 0 Å².